The molecule has 0 aliphatic heterocycles. The zero-order valence-electron chi connectivity index (χ0n) is 15.8. The number of carbonyl (C=O) groups excluding carboxylic acids is 1. The highest BCUT2D eigenvalue weighted by Crippen LogP contribution is 2.29. The summed E-state index contributed by atoms with van der Waals surface area (Å²) in [6, 6.07) is 17.6. The summed E-state index contributed by atoms with van der Waals surface area (Å²) in [6.45, 7) is 3.05. The van der Waals surface area contributed by atoms with Crippen LogP contribution in [0.1, 0.15) is 12.5 Å². The van der Waals surface area contributed by atoms with Crippen molar-refractivity contribution in [1.82, 2.24) is 9.13 Å². The number of pyridine rings is 1. The van der Waals surface area contributed by atoms with Gasteiger partial charge in [0.15, 0.2) is 0 Å². The van der Waals surface area contributed by atoms with Gasteiger partial charge in [-0.25, -0.2) is 0 Å². The van der Waals surface area contributed by atoms with Crippen LogP contribution in [-0.4, -0.2) is 15.0 Å². The molecule has 4 rings (SSSR count). The van der Waals surface area contributed by atoms with Crippen LogP contribution in [0.15, 0.2) is 71.7 Å². The highest BCUT2D eigenvalue weighted by molar-refractivity contribution is 6.09. The summed E-state index contributed by atoms with van der Waals surface area (Å²) >= 11 is 0. The van der Waals surface area contributed by atoms with Gasteiger partial charge >= 0.3 is 0 Å². The molecule has 1 amide bonds. The van der Waals surface area contributed by atoms with Crippen LogP contribution in [0, 0.1) is 0 Å². The maximum absolute atomic E-state index is 12.2. The Morgan fingerprint density at radius 3 is 2.61 bits per heavy atom. The molecule has 1 N–H and O–H groups in total. The molecule has 0 aliphatic rings. The van der Waals surface area contributed by atoms with Crippen LogP contribution in [0.25, 0.3) is 27.9 Å². The van der Waals surface area contributed by atoms with E-state index in [0.29, 0.717) is 5.69 Å². The number of amides is 1. The van der Waals surface area contributed by atoms with Crippen molar-refractivity contribution in [1.29, 1.82) is 0 Å². The maximum atomic E-state index is 12.2. The summed E-state index contributed by atoms with van der Waals surface area (Å²) < 4.78 is 3.72. The number of para-hydroxylation sites is 1. The topological polar surface area (TPSA) is 56.0 Å². The molecule has 0 bridgehead atoms. The van der Waals surface area contributed by atoms with E-state index in [1.165, 1.54) is 38.5 Å². The molecule has 5 heteroatoms. The molecule has 0 saturated heterocycles. The van der Waals surface area contributed by atoms with Gasteiger partial charge in [-0.15, -0.1) is 0 Å². The summed E-state index contributed by atoms with van der Waals surface area (Å²) in [7, 11) is 1.65. The number of aryl methyl sites for hydroxylation is 2. The Bertz CT molecular complexity index is 1280. The fraction of sp³-hybridized carbons (Fsp3) is 0.130. The van der Waals surface area contributed by atoms with Gasteiger partial charge in [0.05, 0.1) is 5.69 Å². The van der Waals surface area contributed by atoms with E-state index >= 15 is 0 Å². The van der Waals surface area contributed by atoms with Crippen LogP contribution in [0.2, 0.25) is 0 Å². The van der Waals surface area contributed by atoms with Crippen LogP contribution in [0.4, 0.5) is 5.69 Å². The van der Waals surface area contributed by atoms with Gasteiger partial charge in [-0.05, 0) is 42.8 Å². The first kappa shape index (κ1) is 17.8. The molecule has 0 fully saturated rings. The molecule has 0 saturated carbocycles. The molecule has 5 nitrogen and oxygen atoms in total. The minimum atomic E-state index is -0.241. The highest BCUT2D eigenvalue weighted by atomic mass is 16.1. The number of benzene rings is 2. The number of nitrogens with zero attached hydrogens (tertiary/aromatic N) is 2. The molecule has 0 radical (unpaired) electrons. The van der Waals surface area contributed by atoms with E-state index in [-0.39, 0.29) is 11.5 Å². The monoisotopic (exact) mass is 371 g/mol. The Hall–Kier alpha value is -3.60. The molecule has 2 aromatic carbocycles. The van der Waals surface area contributed by atoms with E-state index in [1.807, 2.05) is 12.1 Å². The second-order valence-electron chi connectivity index (χ2n) is 6.73. The fourth-order valence-corrected chi connectivity index (χ4v) is 3.54. The Kier molecular flexibility index (Phi) is 4.57. The first-order chi connectivity index (χ1) is 13.6. The van der Waals surface area contributed by atoms with Crippen molar-refractivity contribution in [2.24, 2.45) is 7.05 Å². The van der Waals surface area contributed by atoms with E-state index in [1.54, 1.807) is 25.4 Å². The van der Waals surface area contributed by atoms with Crippen LogP contribution < -0.4 is 10.9 Å². The van der Waals surface area contributed by atoms with Crippen molar-refractivity contribution >= 4 is 39.5 Å². The fourth-order valence-electron chi connectivity index (χ4n) is 3.54. The first-order valence-corrected chi connectivity index (χ1v) is 9.23. The zero-order valence-corrected chi connectivity index (χ0v) is 15.8. The predicted octanol–water partition coefficient (Wildman–Crippen LogP) is 4.17. The van der Waals surface area contributed by atoms with Gasteiger partial charge in [0, 0.05) is 53.7 Å². The van der Waals surface area contributed by atoms with Gasteiger partial charge in [-0.3, -0.25) is 9.59 Å². The predicted molar refractivity (Wildman–Crippen MR) is 114 cm³/mol. The lowest BCUT2D eigenvalue weighted by atomic mass is 10.1. The summed E-state index contributed by atoms with van der Waals surface area (Å²) in [5, 5.41) is 5.16. The molecule has 140 valence electrons. The molecule has 2 aromatic heterocycles. The Balaban J connectivity index is 1.62. The van der Waals surface area contributed by atoms with Crippen LogP contribution in [0.5, 0.6) is 0 Å². The lowest BCUT2D eigenvalue weighted by Crippen LogP contribution is -2.16. The van der Waals surface area contributed by atoms with E-state index in [0.717, 1.165) is 12.1 Å². The number of nitrogens with one attached hydrogen (secondary N) is 1. The second kappa shape index (κ2) is 7.19. The van der Waals surface area contributed by atoms with Gasteiger partial charge in [-0.1, -0.05) is 24.3 Å². The highest BCUT2D eigenvalue weighted by Gasteiger charge is 2.09. The largest absolute Gasteiger partial charge is 0.341 e. The van der Waals surface area contributed by atoms with Crippen LogP contribution in [0.3, 0.4) is 0 Å². The average Bonchev–Trinajstić information content (AvgIpc) is 3.02. The van der Waals surface area contributed by atoms with Crippen molar-refractivity contribution < 1.29 is 4.79 Å². The van der Waals surface area contributed by atoms with Gasteiger partial charge in [0.2, 0.25) is 11.5 Å². The third kappa shape index (κ3) is 3.22. The SMILES string of the molecule is CCn1c2ccccc2c2cc(C=CC(=O)Nc3ccc(=O)n(C)c3)ccc21. The third-order valence-electron chi connectivity index (χ3n) is 4.89. The number of hydrogen-bond acceptors (Lipinski definition) is 2. The molecular weight excluding hydrogens is 350 g/mol. The summed E-state index contributed by atoms with van der Waals surface area (Å²) in [5.41, 5.74) is 3.83. The standard InChI is InChI=1S/C23H21N3O2/c1-3-26-20-7-5-4-6-18(20)19-14-16(8-11-21(19)26)9-12-22(27)24-17-10-13-23(28)25(2)15-17/h4-15H,3H2,1-2H3,(H,24,27). The zero-order chi connectivity index (χ0) is 19.7. The number of rotatable bonds is 4. The number of fused-ring (bicyclic) bond motifs is 3. The minimum Gasteiger partial charge on any atom is -0.341 e. The van der Waals surface area contributed by atoms with Crippen molar-refractivity contribution in [3.05, 3.63) is 82.8 Å². The maximum Gasteiger partial charge on any atom is 0.250 e. The normalized spacial score (nSPS) is 11.5. The minimum absolute atomic E-state index is 0.118. The molecule has 0 unspecified atom stereocenters. The quantitative estimate of drug-likeness (QED) is 0.548. The summed E-state index contributed by atoms with van der Waals surface area (Å²) in [5.74, 6) is -0.241. The molecule has 28 heavy (non-hydrogen) atoms. The van der Waals surface area contributed by atoms with Gasteiger partial charge in [-0.2, -0.15) is 0 Å². The number of hydrogen-bond donors (Lipinski definition) is 1. The van der Waals surface area contributed by atoms with E-state index < -0.39 is 0 Å². The van der Waals surface area contributed by atoms with Gasteiger partial charge in [0.25, 0.3) is 0 Å². The number of carbonyl (C=O) groups is 1. The Morgan fingerprint density at radius 1 is 1.04 bits per heavy atom. The van der Waals surface area contributed by atoms with E-state index in [9.17, 15) is 9.59 Å². The summed E-state index contributed by atoms with van der Waals surface area (Å²) in [4.78, 5) is 23.6. The average molecular weight is 371 g/mol. The lowest BCUT2D eigenvalue weighted by Gasteiger charge is -2.04. The second-order valence-corrected chi connectivity index (χ2v) is 6.73. The van der Waals surface area contributed by atoms with E-state index in [4.69, 9.17) is 0 Å². The van der Waals surface area contributed by atoms with Crippen molar-refractivity contribution in [3.63, 3.8) is 0 Å². The van der Waals surface area contributed by atoms with Crippen LogP contribution >= 0.6 is 0 Å². The Morgan fingerprint density at radius 2 is 1.82 bits per heavy atom. The molecule has 0 atom stereocenters. The van der Waals surface area contributed by atoms with Gasteiger partial charge in [0.1, 0.15) is 0 Å². The summed E-state index contributed by atoms with van der Waals surface area (Å²) in [6.07, 6.45) is 4.90. The first-order valence-electron chi connectivity index (χ1n) is 9.23. The molecule has 4 aromatic rings. The number of anilines is 1. The van der Waals surface area contributed by atoms with Crippen molar-refractivity contribution in [2.75, 3.05) is 5.32 Å². The molecule has 0 spiro atoms. The third-order valence-corrected chi connectivity index (χ3v) is 4.89. The smallest absolute Gasteiger partial charge is 0.250 e. The Labute approximate surface area is 162 Å². The van der Waals surface area contributed by atoms with Crippen molar-refractivity contribution in [2.45, 2.75) is 13.5 Å². The van der Waals surface area contributed by atoms with E-state index in [2.05, 4.69) is 47.1 Å². The number of aromatic nitrogens is 2. The van der Waals surface area contributed by atoms with Crippen LogP contribution in [-0.2, 0) is 18.4 Å². The molecular formula is C23H21N3O2. The molecule has 0 aliphatic carbocycles. The van der Waals surface area contributed by atoms with Crippen molar-refractivity contribution in [3.8, 4) is 0 Å². The molecule has 2 heterocycles. The lowest BCUT2D eigenvalue weighted by molar-refractivity contribution is -0.111. The van der Waals surface area contributed by atoms with Gasteiger partial charge < -0.3 is 14.5 Å².